The molecule has 0 saturated carbocycles. The first kappa shape index (κ1) is 15.0. The van der Waals surface area contributed by atoms with Crippen LogP contribution >= 0.6 is 0 Å². The molecular formula is C12H15N5O3S. The number of urea groups is 1. The highest BCUT2D eigenvalue weighted by molar-refractivity contribution is 7.86. The number of carbonyl (C=O) groups is 2. The molecule has 112 valence electrons. The Hall–Kier alpha value is -2.42. The van der Waals surface area contributed by atoms with Crippen molar-refractivity contribution in [3.8, 4) is 0 Å². The van der Waals surface area contributed by atoms with Crippen molar-refractivity contribution < 1.29 is 13.8 Å². The van der Waals surface area contributed by atoms with Gasteiger partial charge in [0.15, 0.2) is 5.16 Å². The lowest BCUT2D eigenvalue weighted by Gasteiger charge is -2.09. The van der Waals surface area contributed by atoms with Crippen LogP contribution in [0, 0.1) is 0 Å². The lowest BCUT2D eigenvalue weighted by molar-refractivity contribution is -0.119. The first-order chi connectivity index (χ1) is 9.92. The minimum atomic E-state index is -1.72. The van der Waals surface area contributed by atoms with Gasteiger partial charge in [-0.25, -0.2) is 9.78 Å². The van der Waals surface area contributed by atoms with E-state index < -0.39 is 28.0 Å². The van der Waals surface area contributed by atoms with Gasteiger partial charge in [0.1, 0.15) is 16.0 Å². The third-order valence-electron chi connectivity index (χ3n) is 2.83. The molecule has 2 atom stereocenters. The van der Waals surface area contributed by atoms with E-state index in [0.717, 1.165) is 0 Å². The molecule has 0 radical (unpaired) electrons. The Balaban J connectivity index is 2.21. The molecule has 0 aliphatic heterocycles. The molecule has 0 aliphatic carbocycles. The molecule has 0 aliphatic rings. The van der Waals surface area contributed by atoms with Crippen molar-refractivity contribution in [1.82, 2.24) is 20.6 Å². The number of amides is 3. The maximum Gasteiger partial charge on any atom is 0.321 e. The Morgan fingerprint density at radius 1 is 1.43 bits per heavy atom. The molecular weight excluding hydrogens is 294 g/mol. The molecule has 1 aromatic carbocycles. The number of H-pyrrole nitrogens is 1. The number of nitrogens with two attached hydrogens (primary N) is 1. The van der Waals surface area contributed by atoms with Gasteiger partial charge in [-0.1, -0.05) is 0 Å². The van der Waals surface area contributed by atoms with Crippen molar-refractivity contribution in [3.63, 3.8) is 0 Å². The van der Waals surface area contributed by atoms with E-state index in [9.17, 15) is 13.8 Å². The zero-order valence-electron chi connectivity index (χ0n) is 11.5. The van der Waals surface area contributed by atoms with E-state index in [1.807, 2.05) is 0 Å². The van der Waals surface area contributed by atoms with Crippen molar-refractivity contribution in [1.29, 1.82) is 0 Å². The van der Waals surface area contributed by atoms with Gasteiger partial charge < -0.3 is 16.0 Å². The molecule has 2 rings (SSSR count). The molecule has 2 unspecified atom stereocenters. The molecule has 0 bridgehead atoms. The van der Waals surface area contributed by atoms with Crippen LogP contribution in [0.15, 0.2) is 23.4 Å². The second-order valence-electron chi connectivity index (χ2n) is 4.33. The van der Waals surface area contributed by atoms with Gasteiger partial charge in [0, 0.05) is 12.7 Å². The molecule has 1 aromatic heterocycles. The summed E-state index contributed by atoms with van der Waals surface area (Å²) in [5, 5.41) is 3.56. The number of hydrogen-bond donors (Lipinski definition) is 4. The monoisotopic (exact) mass is 309 g/mol. The van der Waals surface area contributed by atoms with Gasteiger partial charge in [0.2, 0.25) is 5.91 Å². The summed E-state index contributed by atoms with van der Waals surface area (Å²) in [7, 11) is -0.333. The highest BCUT2D eigenvalue weighted by Crippen LogP contribution is 2.18. The van der Waals surface area contributed by atoms with Crippen LogP contribution in [0.2, 0.25) is 0 Å². The Bertz CT molecular complexity index is 727. The normalized spacial score (nSPS) is 13.6. The van der Waals surface area contributed by atoms with Crippen LogP contribution in [0.5, 0.6) is 0 Å². The first-order valence-electron chi connectivity index (χ1n) is 6.10. The predicted octanol–water partition coefficient (Wildman–Crippen LogP) is 0.0968. The maximum absolute atomic E-state index is 12.3. The number of hydrogen-bond acceptors (Lipinski definition) is 5. The van der Waals surface area contributed by atoms with Crippen LogP contribution in [0.3, 0.4) is 0 Å². The summed E-state index contributed by atoms with van der Waals surface area (Å²) in [6, 6.07) is 4.38. The van der Waals surface area contributed by atoms with Gasteiger partial charge in [0.05, 0.1) is 11.0 Å². The van der Waals surface area contributed by atoms with Crippen LogP contribution < -0.4 is 16.4 Å². The van der Waals surface area contributed by atoms with Crippen molar-refractivity contribution >= 4 is 39.5 Å². The van der Waals surface area contributed by atoms with Crippen LogP contribution in [-0.4, -0.2) is 38.4 Å². The fourth-order valence-electron chi connectivity index (χ4n) is 1.64. The zero-order valence-corrected chi connectivity index (χ0v) is 12.3. The first-order valence-corrected chi connectivity index (χ1v) is 7.32. The molecule has 9 heteroatoms. The third kappa shape index (κ3) is 3.19. The van der Waals surface area contributed by atoms with Crippen molar-refractivity contribution in [2.45, 2.75) is 17.3 Å². The van der Waals surface area contributed by atoms with Crippen LogP contribution in [-0.2, 0) is 15.6 Å². The minimum Gasteiger partial charge on any atom is -0.399 e. The average molecular weight is 309 g/mol. The molecule has 0 fully saturated rings. The molecule has 3 amide bonds. The van der Waals surface area contributed by atoms with Crippen molar-refractivity contribution in [2.24, 2.45) is 0 Å². The van der Waals surface area contributed by atoms with Crippen molar-refractivity contribution in [2.75, 3.05) is 12.8 Å². The number of rotatable bonds is 3. The average Bonchev–Trinajstić information content (AvgIpc) is 2.88. The molecule has 5 N–H and O–H groups in total. The number of aromatic amines is 1. The van der Waals surface area contributed by atoms with Crippen LogP contribution in [0.4, 0.5) is 10.5 Å². The molecule has 0 saturated heterocycles. The van der Waals surface area contributed by atoms with Gasteiger partial charge in [-0.2, -0.15) is 0 Å². The summed E-state index contributed by atoms with van der Waals surface area (Å²) in [6.45, 7) is 1.45. The fraction of sp³-hybridized carbons (Fsp3) is 0.250. The van der Waals surface area contributed by atoms with E-state index in [4.69, 9.17) is 5.73 Å². The standard InChI is InChI=1S/C12H15N5O3S/c1-6(10(18)17-11(19)14-2)21(20)12-15-8-4-3-7(13)5-9(8)16-12/h3-6H,13H2,1-2H3,(H,15,16)(H2,14,17,18,19). The number of benzene rings is 1. The van der Waals surface area contributed by atoms with E-state index >= 15 is 0 Å². The molecule has 1 heterocycles. The van der Waals surface area contributed by atoms with E-state index in [0.29, 0.717) is 16.7 Å². The highest BCUT2D eigenvalue weighted by atomic mass is 32.2. The lowest BCUT2D eigenvalue weighted by atomic mass is 10.3. The quantitative estimate of drug-likeness (QED) is 0.597. The lowest BCUT2D eigenvalue weighted by Crippen LogP contribution is -2.43. The fourth-order valence-corrected chi connectivity index (χ4v) is 2.63. The molecule has 0 spiro atoms. The van der Waals surface area contributed by atoms with E-state index in [-0.39, 0.29) is 5.16 Å². The number of nitrogen functional groups attached to an aromatic ring is 1. The summed E-state index contributed by atoms with van der Waals surface area (Å²) >= 11 is 0. The van der Waals surface area contributed by atoms with E-state index in [1.54, 1.807) is 18.2 Å². The van der Waals surface area contributed by atoms with Gasteiger partial charge in [0.25, 0.3) is 0 Å². The van der Waals surface area contributed by atoms with Crippen LogP contribution in [0.1, 0.15) is 6.92 Å². The zero-order chi connectivity index (χ0) is 15.6. The van der Waals surface area contributed by atoms with E-state index in [1.165, 1.54) is 14.0 Å². The van der Waals surface area contributed by atoms with Gasteiger partial charge in [-0.15, -0.1) is 0 Å². The Morgan fingerprint density at radius 2 is 2.14 bits per heavy atom. The number of carbonyl (C=O) groups excluding carboxylic acids is 2. The van der Waals surface area contributed by atoms with Crippen molar-refractivity contribution in [3.05, 3.63) is 18.2 Å². The predicted molar refractivity (Wildman–Crippen MR) is 79.0 cm³/mol. The SMILES string of the molecule is CNC(=O)NC(=O)C(C)S(=O)c1nc2ccc(N)cc2[nH]1. The number of imide groups is 1. The number of fused-ring (bicyclic) bond motifs is 1. The number of aromatic nitrogens is 2. The summed E-state index contributed by atoms with van der Waals surface area (Å²) in [6.07, 6.45) is 0. The summed E-state index contributed by atoms with van der Waals surface area (Å²) in [4.78, 5) is 29.9. The summed E-state index contributed by atoms with van der Waals surface area (Å²) < 4.78 is 12.3. The topological polar surface area (TPSA) is 130 Å². The van der Waals surface area contributed by atoms with Gasteiger partial charge >= 0.3 is 6.03 Å². The summed E-state index contributed by atoms with van der Waals surface area (Å²) in [5.74, 6) is -0.646. The van der Waals surface area contributed by atoms with E-state index in [2.05, 4.69) is 20.6 Å². The third-order valence-corrected chi connectivity index (χ3v) is 4.26. The Kier molecular flexibility index (Phi) is 4.22. The largest absolute Gasteiger partial charge is 0.399 e. The maximum atomic E-state index is 12.3. The smallest absolute Gasteiger partial charge is 0.321 e. The number of imidazole rings is 1. The Labute approximate surface area is 123 Å². The number of nitrogens with zero attached hydrogens (tertiary/aromatic N) is 1. The minimum absolute atomic E-state index is 0.162. The number of anilines is 1. The molecule has 8 nitrogen and oxygen atoms in total. The van der Waals surface area contributed by atoms with Crippen LogP contribution in [0.25, 0.3) is 11.0 Å². The molecule has 2 aromatic rings. The summed E-state index contributed by atoms with van der Waals surface area (Å²) in [5.41, 5.74) is 7.44. The second kappa shape index (κ2) is 5.92. The highest BCUT2D eigenvalue weighted by Gasteiger charge is 2.25. The number of nitrogens with one attached hydrogen (secondary N) is 3. The second-order valence-corrected chi connectivity index (χ2v) is 6.02. The van der Waals surface area contributed by atoms with Gasteiger partial charge in [-0.3, -0.25) is 14.3 Å². The Morgan fingerprint density at radius 3 is 2.81 bits per heavy atom. The van der Waals surface area contributed by atoms with Gasteiger partial charge in [-0.05, 0) is 25.1 Å². The molecule has 21 heavy (non-hydrogen) atoms.